The zero-order valence-corrected chi connectivity index (χ0v) is 12.5. The summed E-state index contributed by atoms with van der Waals surface area (Å²) in [6.07, 6.45) is -0.129. The molecular weight excluding hydrogens is 324 g/mol. The number of hydrogen-bond donors (Lipinski definition) is 0. The molecule has 0 N–H and O–H groups in total. The predicted octanol–water partition coefficient (Wildman–Crippen LogP) is 3.17. The molecule has 0 aliphatic carbocycles. The van der Waals surface area contributed by atoms with E-state index in [1.54, 1.807) is 13.2 Å². The van der Waals surface area contributed by atoms with Gasteiger partial charge in [0.2, 0.25) is 0 Å². The summed E-state index contributed by atoms with van der Waals surface area (Å²) in [5.41, 5.74) is 0.512. The van der Waals surface area contributed by atoms with Crippen molar-refractivity contribution in [3.05, 3.63) is 40.4 Å². The number of halogens is 1. The second-order valence-corrected chi connectivity index (χ2v) is 5.37. The van der Waals surface area contributed by atoms with E-state index in [9.17, 15) is 4.79 Å². The molecule has 0 spiro atoms. The van der Waals surface area contributed by atoms with Crippen molar-refractivity contribution in [1.29, 1.82) is 0 Å². The van der Waals surface area contributed by atoms with Crippen LogP contribution in [0.25, 0.3) is 10.8 Å². The van der Waals surface area contributed by atoms with E-state index in [1.165, 1.54) is 0 Å². The minimum Gasteiger partial charge on any atom is -0.497 e. The fourth-order valence-electron chi connectivity index (χ4n) is 2.04. The van der Waals surface area contributed by atoms with E-state index in [1.807, 2.05) is 24.3 Å². The van der Waals surface area contributed by atoms with Crippen LogP contribution >= 0.6 is 15.9 Å². The van der Waals surface area contributed by atoms with Crippen molar-refractivity contribution < 1.29 is 19.0 Å². The first-order valence-electron chi connectivity index (χ1n) is 6.24. The lowest BCUT2D eigenvalue weighted by Crippen LogP contribution is -2.37. The number of carbonyl (C=O) groups is 1. The van der Waals surface area contributed by atoms with Crippen molar-refractivity contribution >= 4 is 32.7 Å². The molecule has 20 heavy (non-hydrogen) atoms. The molecule has 1 aliphatic heterocycles. The van der Waals surface area contributed by atoms with Crippen molar-refractivity contribution in [2.75, 3.05) is 20.3 Å². The maximum absolute atomic E-state index is 12.1. The number of hydrogen-bond acceptors (Lipinski definition) is 4. The van der Waals surface area contributed by atoms with Gasteiger partial charge in [-0.05, 0) is 39.5 Å². The lowest BCUT2D eigenvalue weighted by molar-refractivity contribution is -0.103. The zero-order chi connectivity index (χ0) is 14.1. The third-order valence-electron chi connectivity index (χ3n) is 3.26. The van der Waals surface area contributed by atoms with Gasteiger partial charge in [0, 0.05) is 9.86 Å². The molecule has 0 unspecified atom stereocenters. The highest BCUT2D eigenvalue weighted by Gasteiger charge is 2.24. The normalized spacial score (nSPS) is 14.9. The van der Waals surface area contributed by atoms with Gasteiger partial charge in [-0.3, -0.25) is 0 Å². The van der Waals surface area contributed by atoms with Gasteiger partial charge in [-0.2, -0.15) is 0 Å². The largest absolute Gasteiger partial charge is 0.497 e. The summed E-state index contributed by atoms with van der Waals surface area (Å²) in [5.74, 6) is 0.408. The molecule has 1 saturated heterocycles. The highest BCUT2D eigenvalue weighted by Crippen LogP contribution is 2.31. The average Bonchev–Trinajstić information content (AvgIpc) is 2.43. The number of fused-ring (bicyclic) bond motifs is 1. The Labute approximate surface area is 124 Å². The van der Waals surface area contributed by atoms with Crippen LogP contribution in [0.15, 0.2) is 34.8 Å². The van der Waals surface area contributed by atoms with Crippen LogP contribution in [0.5, 0.6) is 5.75 Å². The van der Waals surface area contributed by atoms with E-state index in [0.717, 1.165) is 21.0 Å². The Morgan fingerprint density at radius 2 is 2.05 bits per heavy atom. The molecule has 0 aromatic heterocycles. The van der Waals surface area contributed by atoms with Crippen LogP contribution in [-0.4, -0.2) is 32.4 Å². The summed E-state index contributed by atoms with van der Waals surface area (Å²) in [4.78, 5) is 12.1. The topological polar surface area (TPSA) is 44.8 Å². The predicted molar refractivity (Wildman–Crippen MR) is 78.2 cm³/mol. The minimum absolute atomic E-state index is 0.129. The van der Waals surface area contributed by atoms with Crippen LogP contribution in [0, 0.1) is 0 Å². The van der Waals surface area contributed by atoms with E-state index in [-0.39, 0.29) is 12.1 Å². The van der Waals surface area contributed by atoms with E-state index in [2.05, 4.69) is 15.9 Å². The van der Waals surface area contributed by atoms with Crippen LogP contribution in [0.1, 0.15) is 10.4 Å². The van der Waals surface area contributed by atoms with Gasteiger partial charge in [0.1, 0.15) is 11.9 Å². The Kier molecular flexibility index (Phi) is 3.63. The van der Waals surface area contributed by atoms with Crippen LogP contribution in [0.4, 0.5) is 0 Å². The Bertz CT molecular complexity index is 664. The van der Waals surface area contributed by atoms with Gasteiger partial charge >= 0.3 is 5.97 Å². The number of carbonyl (C=O) groups excluding carboxylic acids is 1. The van der Waals surface area contributed by atoms with E-state index < -0.39 is 0 Å². The first-order valence-corrected chi connectivity index (χ1v) is 7.03. The molecule has 0 saturated carbocycles. The molecular formula is C15H13BrO4. The molecule has 2 aromatic rings. The summed E-state index contributed by atoms with van der Waals surface area (Å²) in [6, 6.07) is 9.39. The molecule has 1 aliphatic rings. The molecule has 0 amide bonds. The first kappa shape index (κ1) is 13.4. The van der Waals surface area contributed by atoms with Crippen molar-refractivity contribution in [1.82, 2.24) is 0 Å². The zero-order valence-electron chi connectivity index (χ0n) is 10.9. The van der Waals surface area contributed by atoms with E-state index >= 15 is 0 Å². The van der Waals surface area contributed by atoms with Crippen LogP contribution in [0.2, 0.25) is 0 Å². The summed E-state index contributed by atoms with van der Waals surface area (Å²) in [7, 11) is 1.61. The van der Waals surface area contributed by atoms with Crippen LogP contribution in [-0.2, 0) is 9.47 Å². The molecule has 3 rings (SSSR count). The van der Waals surface area contributed by atoms with E-state index in [0.29, 0.717) is 18.8 Å². The number of benzene rings is 2. The summed E-state index contributed by atoms with van der Waals surface area (Å²) < 4.78 is 16.3. The smallest absolute Gasteiger partial charge is 0.339 e. The quantitative estimate of drug-likeness (QED) is 0.807. The third kappa shape index (κ3) is 2.39. The second-order valence-electron chi connectivity index (χ2n) is 4.58. The van der Waals surface area contributed by atoms with Crippen molar-refractivity contribution in [2.45, 2.75) is 6.10 Å². The molecule has 0 atom stereocenters. The standard InChI is InChI=1S/C15H13BrO4/c1-18-10-4-2-9-3-5-12(14(16)13(9)6-10)15(17)20-11-7-19-8-11/h2-6,11H,7-8H2,1H3. The Morgan fingerprint density at radius 3 is 2.70 bits per heavy atom. The molecule has 5 heteroatoms. The first-order chi connectivity index (χ1) is 9.69. The molecule has 104 valence electrons. The van der Waals surface area contributed by atoms with E-state index in [4.69, 9.17) is 14.2 Å². The van der Waals surface area contributed by atoms with Crippen molar-refractivity contribution in [3.63, 3.8) is 0 Å². The Hall–Kier alpha value is -1.59. The number of ether oxygens (including phenoxy) is 3. The van der Waals surface area contributed by atoms with Gasteiger partial charge in [-0.1, -0.05) is 12.1 Å². The average molecular weight is 337 g/mol. The summed E-state index contributed by atoms with van der Waals surface area (Å²) in [6.45, 7) is 0.954. The molecule has 4 nitrogen and oxygen atoms in total. The number of methoxy groups -OCH3 is 1. The van der Waals surface area contributed by atoms with Crippen molar-refractivity contribution in [2.24, 2.45) is 0 Å². The Morgan fingerprint density at radius 1 is 1.30 bits per heavy atom. The van der Waals surface area contributed by atoms with Crippen molar-refractivity contribution in [3.8, 4) is 5.75 Å². The summed E-state index contributed by atoms with van der Waals surface area (Å²) in [5, 5.41) is 1.95. The fourth-order valence-corrected chi connectivity index (χ4v) is 2.68. The van der Waals surface area contributed by atoms with Gasteiger partial charge in [0.05, 0.1) is 25.9 Å². The minimum atomic E-state index is -0.338. The lowest BCUT2D eigenvalue weighted by Gasteiger charge is -2.25. The van der Waals surface area contributed by atoms with Gasteiger partial charge in [0.25, 0.3) is 0 Å². The summed E-state index contributed by atoms with van der Waals surface area (Å²) >= 11 is 3.49. The van der Waals surface area contributed by atoms with Crippen LogP contribution < -0.4 is 4.74 Å². The van der Waals surface area contributed by atoms with Gasteiger partial charge in [-0.25, -0.2) is 4.79 Å². The maximum Gasteiger partial charge on any atom is 0.339 e. The highest BCUT2D eigenvalue weighted by molar-refractivity contribution is 9.10. The lowest BCUT2D eigenvalue weighted by atomic mass is 10.1. The third-order valence-corrected chi connectivity index (χ3v) is 4.12. The molecule has 1 heterocycles. The van der Waals surface area contributed by atoms with Crippen LogP contribution in [0.3, 0.4) is 0 Å². The highest BCUT2D eigenvalue weighted by atomic mass is 79.9. The second kappa shape index (κ2) is 5.42. The van der Waals surface area contributed by atoms with Gasteiger partial charge in [0.15, 0.2) is 0 Å². The molecule has 0 bridgehead atoms. The van der Waals surface area contributed by atoms with Gasteiger partial charge in [-0.15, -0.1) is 0 Å². The Balaban J connectivity index is 1.98. The molecule has 2 aromatic carbocycles. The number of rotatable bonds is 3. The molecule has 0 radical (unpaired) electrons. The molecule has 1 fully saturated rings. The SMILES string of the molecule is COc1ccc2ccc(C(=O)OC3COC3)c(Br)c2c1. The fraction of sp³-hybridized carbons (Fsp3) is 0.267. The number of esters is 1. The van der Waals surface area contributed by atoms with Gasteiger partial charge < -0.3 is 14.2 Å². The monoisotopic (exact) mass is 336 g/mol. The maximum atomic E-state index is 12.1.